The van der Waals surface area contributed by atoms with Gasteiger partial charge in [-0.2, -0.15) is 0 Å². The van der Waals surface area contributed by atoms with Crippen molar-refractivity contribution in [2.45, 2.75) is 19.9 Å². The maximum Gasteiger partial charge on any atom is 0.241 e. The normalized spacial score (nSPS) is 16.2. The van der Waals surface area contributed by atoms with Crippen LogP contribution in [0.25, 0.3) is 0 Å². The fraction of sp³-hybridized carbons (Fsp3) is 0.391. The molecule has 2 aromatic carbocycles. The molecule has 0 spiro atoms. The molecule has 1 heterocycles. The average Bonchev–Trinajstić information content (AvgIpc) is 2.74. The molecule has 1 aliphatic heterocycles. The number of carbonyl (C=O) groups excluding carboxylic acids is 2. The van der Waals surface area contributed by atoms with E-state index < -0.39 is 0 Å². The number of anilines is 1. The molecule has 3 rings (SSSR count). The van der Waals surface area contributed by atoms with Crippen LogP contribution in [0.4, 0.5) is 5.69 Å². The van der Waals surface area contributed by atoms with E-state index in [4.69, 9.17) is 4.74 Å². The number of carbonyl (C=O) groups is 2. The number of benzene rings is 2. The third-order valence-corrected chi connectivity index (χ3v) is 5.29. The molecule has 1 fully saturated rings. The van der Waals surface area contributed by atoms with Crippen molar-refractivity contribution in [3.05, 3.63) is 60.2 Å². The molecular weight excluding hydrogens is 366 g/mol. The third kappa shape index (κ3) is 6.14. The zero-order valence-electron chi connectivity index (χ0n) is 17.1. The van der Waals surface area contributed by atoms with Gasteiger partial charge in [0.2, 0.25) is 5.91 Å². The number of rotatable bonds is 8. The number of ketones is 1. The molecule has 1 amide bonds. The van der Waals surface area contributed by atoms with Gasteiger partial charge in [0.25, 0.3) is 0 Å². The van der Waals surface area contributed by atoms with E-state index in [-0.39, 0.29) is 17.7 Å². The van der Waals surface area contributed by atoms with Crippen molar-refractivity contribution in [3.63, 3.8) is 0 Å². The Balaban J connectivity index is 1.42. The van der Waals surface area contributed by atoms with E-state index in [1.165, 1.54) is 6.92 Å². The molecule has 29 heavy (non-hydrogen) atoms. The Labute approximate surface area is 172 Å². The molecule has 1 atom stereocenters. The van der Waals surface area contributed by atoms with E-state index in [9.17, 15) is 9.59 Å². The van der Waals surface area contributed by atoms with Gasteiger partial charge < -0.3 is 10.1 Å². The number of hydrogen-bond donors (Lipinski definition) is 1. The quantitative estimate of drug-likeness (QED) is 0.697. The van der Waals surface area contributed by atoms with Crippen LogP contribution in [0.1, 0.15) is 24.2 Å². The molecule has 0 saturated carbocycles. The Morgan fingerprint density at radius 3 is 2.45 bits per heavy atom. The van der Waals surface area contributed by atoms with Gasteiger partial charge >= 0.3 is 0 Å². The van der Waals surface area contributed by atoms with Crippen LogP contribution >= 0.6 is 0 Å². The van der Waals surface area contributed by atoms with Crippen molar-refractivity contribution >= 4 is 17.4 Å². The van der Waals surface area contributed by atoms with Crippen LogP contribution in [0.15, 0.2) is 54.6 Å². The van der Waals surface area contributed by atoms with Gasteiger partial charge in [-0.05, 0) is 38.1 Å². The standard InChI is InChI=1S/C23H29N3O3/c1-18(23(28)24-21-8-6-7-20(17-21)19(2)27)26-13-11-25(12-14-26)15-16-29-22-9-4-3-5-10-22/h3-10,17-18H,11-16H2,1-2H3,(H,24,28)/t18-/m1/s1. The van der Waals surface area contributed by atoms with Crippen molar-refractivity contribution in [1.29, 1.82) is 0 Å². The lowest BCUT2D eigenvalue weighted by Gasteiger charge is -2.37. The van der Waals surface area contributed by atoms with Gasteiger partial charge in [-0.3, -0.25) is 19.4 Å². The van der Waals surface area contributed by atoms with Gasteiger partial charge in [-0.25, -0.2) is 0 Å². The van der Waals surface area contributed by atoms with Crippen LogP contribution in [0.2, 0.25) is 0 Å². The molecule has 0 radical (unpaired) electrons. The molecule has 154 valence electrons. The second kappa shape index (κ2) is 10.2. The molecule has 0 unspecified atom stereocenters. The second-order valence-electron chi connectivity index (χ2n) is 7.34. The number of Topliss-reactive ketones (excluding diaryl/α,β-unsaturated/α-hetero) is 1. The predicted molar refractivity (Wildman–Crippen MR) is 114 cm³/mol. The average molecular weight is 396 g/mol. The molecule has 0 bridgehead atoms. The van der Waals surface area contributed by atoms with Gasteiger partial charge in [-0.15, -0.1) is 0 Å². The lowest BCUT2D eigenvalue weighted by atomic mass is 10.1. The number of para-hydroxylation sites is 1. The zero-order valence-corrected chi connectivity index (χ0v) is 17.1. The summed E-state index contributed by atoms with van der Waals surface area (Å²) in [5, 5.41) is 2.93. The van der Waals surface area contributed by atoms with Crippen molar-refractivity contribution < 1.29 is 14.3 Å². The molecule has 1 saturated heterocycles. The van der Waals surface area contributed by atoms with Crippen LogP contribution < -0.4 is 10.1 Å². The number of hydrogen-bond acceptors (Lipinski definition) is 5. The monoisotopic (exact) mass is 395 g/mol. The summed E-state index contributed by atoms with van der Waals surface area (Å²) in [6.45, 7) is 8.49. The summed E-state index contributed by atoms with van der Waals surface area (Å²) >= 11 is 0. The van der Waals surface area contributed by atoms with Crippen LogP contribution in [0.5, 0.6) is 5.75 Å². The first-order valence-electron chi connectivity index (χ1n) is 10.1. The molecule has 0 aromatic heterocycles. The van der Waals surface area contributed by atoms with Crippen LogP contribution in [-0.4, -0.2) is 66.9 Å². The zero-order chi connectivity index (χ0) is 20.6. The first-order valence-corrected chi connectivity index (χ1v) is 10.1. The van der Waals surface area contributed by atoms with Crippen molar-refractivity contribution in [1.82, 2.24) is 9.80 Å². The lowest BCUT2D eigenvalue weighted by molar-refractivity contribution is -0.121. The van der Waals surface area contributed by atoms with Gasteiger partial charge in [0.05, 0.1) is 6.04 Å². The maximum absolute atomic E-state index is 12.6. The van der Waals surface area contributed by atoms with Crippen LogP contribution in [0.3, 0.4) is 0 Å². The summed E-state index contributed by atoms with van der Waals surface area (Å²) in [4.78, 5) is 28.7. The van der Waals surface area contributed by atoms with Crippen molar-refractivity contribution in [2.24, 2.45) is 0 Å². The summed E-state index contributed by atoms with van der Waals surface area (Å²) in [6.07, 6.45) is 0. The second-order valence-corrected chi connectivity index (χ2v) is 7.34. The summed E-state index contributed by atoms with van der Waals surface area (Å²) in [5.74, 6) is 0.832. The minimum Gasteiger partial charge on any atom is -0.492 e. The lowest BCUT2D eigenvalue weighted by Crippen LogP contribution is -2.53. The highest BCUT2D eigenvalue weighted by molar-refractivity contribution is 5.98. The predicted octanol–water partition coefficient (Wildman–Crippen LogP) is 2.91. The number of nitrogens with zero attached hydrogens (tertiary/aromatic N) is 2. The highest BCUT2D eigenvalue weighted by Crippen LogP contribution is 2.14. The minimum atomic E-state index is -0.223. The summed E-state index contributed by atoms with van der Waals surface area (Å²) in [6, 6.07) is 16.7. The van der Waals surface area contributed by atoms with Gasteiger partial charge in [0.1, 0.15) is 12.4 Å². The van der Waals surface area contributed by atoms with E-state index in [0.717, 1.165) is 38.5 Å². The largest absolute Gasteiger partial charge is 0.492 e. The molecule has 1 N–H and O–H groups in total. The van der Waals surface area contributed by atoms with E-state index in [1.54, 1.807) is 18.2 Å². The highest BCUT2D eigenvalue weighted by Gasteiger charge is 2.25. The number of piperazine rings is 1. The van der Waals surface area contributed by atoms with Crippen LogP contribution in [-0.2, 0) is 4.79 Å². The van der Waals surface area contributed by atoms with Crippen LogP contribution in [0, 0.1) is 0 Å². The van der Waals surface area contributed by atoms with E-state index >= 15 is 0 Å². The van der Waals surface area contributed by atoms with Crippen molar-refractivity contribution in [3.8, 4) is 5.75 Å². The molecule has 6 nitrogen and oxygen atoms in total. The first kappa shape index (κ1) is 21.0. The highest BCUT2D eigenvalue weighted by atomic mass is 16.5. The summed E-state index contributed by atoms with van der Waals surface area (Å²) in [5.41, 5.74) is 1.26. The topological polar surface area (TPSA) is 61.9 Å². The number of ether oxygens (including phenoxy) is 1. The number of nitrogens with one attached hydrogen (secondary N) is 1. The van der Waals surface area contributed by atoms with Gasteiger partial charge in [0.15, 0.2) is 5.78 Å². The molecule has 1 aliphatic rings. The Morgan fingerprint density at radius 1 is 1.03 bits per heavy atom. The van der Waals surface area contributed by atoms with Gasteiger partial charge in [0, 0.05) is 44.0 Å². The molecule has 2 aromatic rings. The SMILES string of the molecule is CC(=O)c1cccc(NC(=O)[C@@H](C)N2CCN(CCOc3ccccc3)CC2)c1. The number of amides is 1. The fourth-order valence-electron chi connectivity index (χ4n) is 3.41. The summed E-state index contributed by atoms with van der Waals surface area (Å²) < 4.78 is 5.77. The van der Waals surface area contributed by atoms with E-state index in [1.807, 2.05) is 43.3 Å². The smallest absolute Gasteiger partial charge is 0.241 e. The van der Waals surface area contributed by atoms with E-state index in [2.05, 4.69) is 15.1 Å². The first-order chi connectivity index (χ1) is 14.0. The Morgan fingerprint density at radius 2 is 1.76 bits per heavy atom. The third-order valence-electron chi connectivity index (χ3n) is 5.29. The van der Waals surface area contributed by atoms with Crippen molar-refractivity contribution in [2.75, 3.05) is 44.6 Å². The summed E-state index contributed by atoms with van der Waals surface area (Å²) in [7, 11) is 0. The van der Waals surface area contributed by atoms with Gasteiger partial charge in [-0.1, -0.05) is 30.3 Å². The maximum atomic E-state index is 12.6. The molecular formula is C23H29N3O3. The minimum absolute atomic E-state index is 0.0125. The Bertz CT molecular complexity index is 817. The fourth-order valence-corrected chi connectivity index (χ4v) is 3.41. The molecule has 0 aliphatic carbocycles. The van der Waals surface area contributed by atoms with E-state index in [0.29, 0.717) is 17.9 Å². The Hall–Kier alpha value is -2.70. The molecule has 6 heteroatoms. The Kier molecular flexibility index (Phi) is 7.38.